The standard InChI is InChI=1S/C14H20N2OS/c1-10-8-18-9-13(10)14(17)16-6-5-11-3-4-12(7-16)15(11)2/h8-9,11-12H,3-7H2,1-2H3. The molecule has 0 N–H and O–H groups in total. The van der Waals surface area contributed by atoms with Crippen molar-refractivity contribution in [2.45, 2.75) is 38.3 Å². The molecule has 3 nitrogen and oxygen atoms in total. The summed E-state index contributed by atoms with van der Waals surface area (Å²) in [6.07, 6.45) is 3.68. The molecule has 2 aliphatic rings. The highest BCUT2D eigenvalue weighted by atomic mass is 32.1. The monoisotopic (exact) mass is 264 g/mol. The highest BCUT2D eigenvalue weighted by Crippen LogP contribution is 2.29. The van der Waals surface area contributed by atoms with Gasteiger partial charge in [-0.25, -0.2) is 0 Å². The average molecular weight is 264 g/mol. The quantitative estimate of drug-likeness (QED) is 0.777. The zero-order valence-electron chi connectivity index (χ0n) is 11.1. The fourth-order valence-electron chi connectivity index (χ4n) is 3.24. The van der Waals surface area contributed by atoms with E-state index in [9.17, 15) is 4.79 Å². The number of thiophene rings is 1. The molecule has 0 saturated carbocycles. The lowest BCUT2D eigenvalue weighted by Crippen LogP contribution is -2.39. The molecule has 1 aromatic rings. The summed E-state index contributed by atoms with van der Waals surface area (Å²) >= 11 is 1.62. The first-order valence-corrected chi connectivity index (χ1v) is 7.65. The Balaban J connectivity index is 1.78. The van der Waals surface area contributed by atoms with Crippen LogP contribution in [-0.4, -0.2) is 47.9 Å². The van der Waals surface area contributed by atoms with Crippen LogP contribution in [0.25, 0.3) is 0 Å². The van der Waals surface area contributed by atoms with Crippen LogP contribution in [0.15, 0.2) is 10.8 Å². The van der Waals surface area contributed by atoms with Crippen molar-refractivity contribution < 1.29 is 4.79 Å². The van der Waals surface area contributed by atoms with E-state index in [0.29, 0.717) is 12.1 Å². The number of aryl methyl sites for hydroxylation is 1. The van der Waals surface area contributed by atoms with Crippen LogP contribution in [0.1, 0.15) is 35.2 Å². The van der Waals surface area contributed by atoms with E-state index in [1.54, 1.807) is 11.3 Å². The highest BCUT2D eigenvalue weighted by Gasteiger charge is 2.36. The summed E-state index contributed by atoms with van der Waals surface area (Å²) < 4.78 is 0. The minimum absolute atomic E-state index is 0.231. The first-order chi connectivity index (χ1) is 8.66. The predicted molar refractivity (Wildman–Crippen MR) is 74.1 cm³/mol. The molecule has 2 aliphatic heterocycles. The third-order valence-electron chi connectivity index (χ3n) is 4.52. The van der Waals surface area contributed by atoms with E-state index >= 15 is 0 Å². The maximum Gasteiger partial charge on any atom is 0.255 e. The van der Waals surface area contributed by atoms with Crippen LogP contribution in [0, 0.1) is 6.92 Å². The number of likely N-dealkylation sites (tertiary alicyclic amines) is 1. The lowest BCUT2D eigenvalue weighted by atomic mass is 10.1. The molecule has 1 amide bonds. The molecular weight excluding hydrogens is 244 g/mol. The largest absolute Gasteiger partial charge is 0.337 e. The number of carbonyl (C=O) groups excluding carboxylic acids is 1. The lowest BCUT2D eigenvalue weighted by molar-refractivity contribution is 0.0740. The van der Waals surface area contributed by atoms with Crippen LogP contribution in [0.5, 0.6) is 0 Å². The van der Waals surface area contributed by atoms with E-state index in [2.05, 4.69) is 22.2 Å². The number of rotatable bonds is 1. The molecule has 1 aromatic heterocycles. The van der Waals surface area contributed by atoms with E-state index in [1.165, 1.54) is 12.8 Å². The molecule has 2 saturated heterocycles. The molecule has 0 aliphatic carbocycles. The number of fused-ring (bicyclic) bond motifs is 2. The zero-order chi connectivity index (χ0) is 12.7. The molecule has 2 unspecified atom stereocenters. The number of nitrogens with zero attached hydrogens (tertiary/aromatic N) is 2. The fraction of sp³-hybridized carbons (Fsp3) is 0.643. The van der Waals surface area contributed by atoms with Gasteiger partial charge in [-0.2, -0.15) is 11.3 Å². The predicted octanol–water partition coefficient (Wildman–Crippen LogP) is 2.37. The normalized spacial score (nSPS) is 28.4. The van der Waals surface area contributed by atoms with Gasteiger partial charge in [-0.05, 0) is 44.2 Å². The smallest absolute Gasteiger partial charge is 0.255 e. The maximum atomic E-state index is 12.5. The van der Waals surface area contributed by atoms with E-state index in [4.69, 9.17) is 0 Å². The van der Waals surface area contributed by atoms with Gasteiger partial charge >= 0.3 is 0 Å². The number of carbonyl (C=O) groups is 1. The average Bonchev–Trinajstić information content (AvgIpc) is 2.84. The molecule has 2 fully saturated rings. The summed E-state index contributed by atoms with van der Waals surface area (Å²) in [4.78, 5) is 17.1. The van der Waals surface area contributed by atoms with Gasteiger partial charge in [0.1, 0.15) is 0 Å². The summed E-state index contributed by atoms with van der Waals surface area (Å²) in [6, 6.07) is 1.26. The van der Waals surface area contributed by atoms with Gasteiger partial charge in [0.15, 0.2) is 0 Å². The summed E-state index contributed by atoms with van der Waals surface area (Å²) in [6.45, 7) is 3.85. The first kappa shape index (κ1) is 12.2. The molecule has 0 radical (unpaired) electrons. The third-order valence-corrected chi connectivity index (χ3v) is 5.38. The molecule has 0 aromatic carbocycles. The highest BCUT2D eigenvalue weighted by molar-refractivity contribution is 7.08. The SMILES string of the molecule is Cc1cscc1C(=O)N1CCC2CCC(C1)N2C. The van der Waals surface area contributed by atoms with Crippen LogP contribution >= 0.6 is 11.3 Å². The summed E-state index contributed by atoms with van der Waals surface area (Å²) in [5, 5.41) is 4.05. The molecule has 18 heavy (non-hydrogen) atoms. The minimum Gasteiger partial charge on any atom is -0.337 e. The van der Waals surface area contributed by atoms with E-state index in [-0.39, 0.29) is 5.91 Å². The number of likely N-dealkylation sites (N-methyl/N-ethyl adjacent to an activating group) is 1. The van der Waals surface area contributed by atoms with Crippen molar-refractivity contribution in [3.8, 4) is 0 Å². The van der Waals surface area contributed by atoms with Gasteiger partial charge in [0, 0.05) is 30.6 Å². The molecule has 0 spiro atoms. The molecule has 98 valence electrons. The Morgan fingerprint density at radius 3 is 2.78 bits per heavy atom. The Morgan fingerprint density at radius 1 is 1.28 bits per heavy atom. The Labute approximate surface area is 112 Å². The minimum atomic E-state index is 0.231. The molecular formula is C14H20N2OS. The molecule has 2 bridgehead atoms. The number of hydrogen-bond donors (Lipinski definition) is 0. The summed E-state index contributed by atoms with van der Waals surface area (Å²) in [5.41, 5.74) is 2.02. The second-order valence-electron chi connectivity index (χ2n) is 5.56. The van der Waals surface area contributed by atoms with Gasteiger partial charge in [-0.15, -0.1) is 0 Å². The van der Waals surface area contributed by atoms with Crippen LogP contribution in [0.3, 0.4) is 0 Å². The molecule has 2 atom stereocenters. The van der Waals surface area contributed by atoms with Gasteiger partial charge in [-0.1, -0.05) is 0 Å². The molecule has 3 heterocycles. The first-order valence-electron chi connectivity index (χ1n) is 6.71. The van der Waals surface area contributed by atoms with Gasteiger partial charge in [-0.3, -0.25) is 9.69 Å². The summed E-state index contributed by atoms with van der Waals surface area (Å²) in [5.74, 6) is 0.231. The summed E-state index contributed by atoms with van der Waals surface area (Å²) in [7, 11) is 2.21. The second-order valence-corrected chi connectivity index (χ2v) is 6.30. The molecule has 4 heteroatoms. The maximum absolute atomic E-state index is 12.5. The van der Waals surface area contributed by atoms with Gasteiger partial charge < -0.3 is 4.90 Å². The van der Waals surface area contributed by atoms with E-state index in [0.717, 1.165) is 30.6 Å². The number of amides is 1. The second kappa shape index (κ2) is 4.67. The van der Waals surface area contributed by atoms with E-state index in [1.807, 2.05) is 12.3 Å². The number of hydrogen-bond acceptors (Lipinski definition) is 3. The van der Waals surface area contributed by atoms with Crippen molar-refractivity contribution >= 4 is 17.2 Å². The third kappa shape index (κ3) is 1.97. The van der Waals surface area contributed by atoms with Gasteiger partial charge in [0.2, 0.25) is 0 Å². The lowest BCUT2D eigenvalue weighted by Gasteiger charge is -2.25. The zero-order valence-corrected chi connectivity index (χ0v) is 11.9. The van der Waals surface area contributed by atoms with Crippen molar-refractivity contribution in [2.75, 3.05) is 20.1 Å². The van der Waals surface area contributed by atoms with Crippen molar-refractivity contribution in [3.05, 3.63) is 21.9 Å². The molecule has 3 rings (SSSR count). The van der Waals surface area contributed by atoms with Crippen LogP contribution in [0.2, 0.25) is 0 Å². The van der Waals surface area contributed by atoms with Crippen LogP contribution < -0.4 is 0 Å². The Hall–Kier alpha value is -0.870. The van der Waals surface area contributed by atoms with Gasteiger partial charge in [0.05, 0.1) is 5.56 Å². The Bertz CT molecular complexity index is 456. The van der Waals surface area contributed by atoms with Crippen LogP contribution in [0.4, 0.5) is 0 Å². The van der Waals surface area contributed by atoms with Crippen LogP contribution in [-0.2, 0) is 0 Å². The van der Waals surface area contributed by atoms with Crippen molar-refractivity contribution in [1.82, 2.24) is 9.80 Å². The van der Waals surface area contributed by atoms with Gasteiger partial charge in [0.25, 0.3) is 5.91 Å². The van der Waals surface area contributed by atoms with Crippen molar-refractivity contribution in [2.24, 2.45) is 0 Å². The fourth-order valence-corrected chi connectivity index (χ4v) is 4.07. The van der Waals surface area contributed by atoms with Crippen molar-refractivity contribution in [1.29, 1.82) is 0 Å². The Kier molecular flexibility index (Phi) is 3.16. The van der Waals surface area contributed by atoms with E-state index < -0.39 is 0 Å². The topological polar surface area (TPSA) is 23.6 Å². The Morgan fingerprint density at radius 2 is 2.06 bits per heavy atom. The van der Waals surface area contributed by atoms with Crippen molar-refractivity contribution in [3.63, 3.8) is 0 Å².